The van der Waals surface area contributed by atoms with E-state index in [2.05, 4.69) is 179 Å². The predicted octanol–water partition coefficient (Wildman–Crippen LogP) is 28.0. The van der Waals surface area contributed by atoms with Crippen molar-refractivity contribution >= 4 is 0 Å². The van der Waals surface area contributed by atoms with E-state index >= 15 is 0 Å². The Labute approximate surface area is 634 Å². The largest absolute Gasteiger partial charge is 0.345 e. The molecule has 8 rings (SSSR count). The van der Waals surface area contributed by atoms with Crippen molar-refractivity contribution in [2.75, 3.05) is 0 Å². The third kappa shape index (κ3) is 80.6. The molecule has 4 heteroatoms. The van der Waals surface area contributed by atoms with Gasteiger partial charge in [0.15, 0.2) is 0 Å². The van der Waals surface area contributed by atoms with Gasteiger partial charge in [-0.2, -0.15) is 55.8 Å². The Morgan fingerprint density at radius 1 is 0.277 bits per heavy atom. The fourth-order valence-corrected chi connectivity index (χ4v) is 11.9. The first-order valence-electron chi connectivity index (χ1n) is 35.9. The van der Waals surface area contributed by atoms with Gasteiger partial charge in [-0.05, 0) is 59.2 Å². The summed E-state index contributed by atoms with van der Waals surface area (Å²) < 4.78 is 0. The second kappa shape index (κ2) is 75.4. The van der Waals surface area contributed by atoms with Crippen LogP contribution < -0.4 is 0 Å². The molecule has 0 saturated heterocycles. The fourth-order valence-electron chi connectivity index (χ4n) is 11.9. The molecule has 0 heterocycles. The Balaban J connectivity index is -0.000000125. The molecule has 83 heavy (non-hydrogen) atoms. The summed E-state index contributed by atoms with van der Waals surface area (Å²) in [7, 11) is 0. The van der Waals surface area contributed by atoms with Crippen molar-refractivity contribution in [3.05, 3.63) is 54.4 Å². The number of fused-ring (bicyclic) bond motifs is 2. The van der Waals surface area contributed by atoms with Gasteiger partial charge in [0.1, 0.15) is 0 Å². The molecule has 8 fully saturated rings. The first-order chi connectivity index (χ1) is 37.4. The van der Waals surface area contributed by atoms with E-state index in [9.17, 15) is 0 Å². The quantitative estimate of drug-likeness (QED) is 0.241. The molecule has 0 spiro atoms. The van der Waals surface area contributed by atoms with Gasteiger partial charge in [0.2, 0.25) is 0 Å². The van der Waals surface area contributed by atoms with E-state index in [-0.39, 0.29) is 131 Å². The normalized spacial score (nSPS) is 26.4. The summed E-state index contributed by atoms with van der Waals surface area (Å²) in [5.41, 5.74) is 0. The van der Waals surface area contributed by atoms with Crippen molar-refractivity contribution < 1.29 is 131 Å². The maximum Gasteiger partial charge on any atom is 0 e. The summed E-state index contributed by atoms with van der Waals surface area (Å²) in [4.78, 5) is 0. The molecular weight excluding hydrogens is 1300 g/mol. The molecule has 0 nitrogen and oxygen atoms in total. The van der Waals surface area contributed by atoms with Crippen LogP contribution in [0.4, 0.5) is 0 Å². The summed E-state index contributed by atoms with van der Waals surface area (Å²) in [6.45, 7) is 62.8. The molecule has 8 saturated carbocycles. The smallest absolute Gasteiger partial charge is 0 e. The summed E-state index contributed by atoms with van der Waals surface area (Å²) in [6.07, 6.45) is 57.6. The van der Waals surface area contributed by atoms with Crippen LogP contribution >= 0.6 is 0 Å². The summed E-state index contributed by atoms with van der Waals surface area (Å²) >= 11 is 0. The summed E-state index contributed by atoms with van der Waals surface area (Å²) in [5, 5.41) is 0. The van der Waals surface area contributed by atoms with E-state index in [1.807, 2.05) is 0 Å². The van der Waals surface area contributed by atoms with Gasteiger partial charge >= 0.3 is 0 Å². The SMILES string of the molecule is C1CCC2CCCCC2C1.C1CCC2CCCCC2C1.CC(C)C.CC(C)C.CC(C)C.CC(C)C.CC(C)C.CC(C)C.[CH2-]CC1CCCCC1[CH2-].[CH2-]CC1CCCCC1[CH2-].[CH2-]CC1[CH-]CCCC1.[CH2-]CCC1[CH-]CCCC1.[Y].[Y].[Y].[Y]. The molecule has 0 aromatic heterocycles. The van der Waals surface area contributed by atoms with Crippen LogP contribution in [0.3, 0.4) is 0 Å². The average Bonchev–Trinajstić information content (AvgIpc) is 3.40. The van der Waals surface area contributed by atoms with E-state index in [1.165, 1.54) is 161 Å². The van der Waals surface area contributed by atoms with Crippen LogP contribution in [0.15, 0.2) is 0 Å². The van der Waals surface area contributed by atoms with Gasteiger partial charge in [-0.1, -0.05) is 329 Å². The van der Waals surface area contributed by atoms with E-state index in [4.69, 9.17) is 0 Å². The zero-order valence-electron chi connectivity index (χ0n) is 61.1. The van der Waals surface area contributed by atoms with Crippen LogP contribution in [0.25, 0.3) is 0 Å². The van der Waals surface area contributed by atoms with Crippen LogP contribution in [-0.2, 0) is 131 Å². The van der Waals surface area contributed by atoms with Gasteiger partial charge in [0.25, 0.3) is 0 Å². The van der Waals surface area contributed by atoms with Crippen molar-refractivity contribution in [1.29, 1.82) is 0 Å². The topological polar surface area (TPSA) is 0 Å². The molecule has 4 radical (unpaired) electrons. The Kier molecular flexibility index (Phi) is 94.1. The third-order valence-corrected chi connectivity index (χ3v) is 15.8. The zero-order chi connectivity index (χ0) is 60.8. The van der Waals surface area contributed by atoms with Crippen LogP contribution in [-0.4, -0.2) is 0 Å². The summed E-state index contributed by atoms with van der Waals surface area (Å²) in [5.74, 6) is 14.5. The van der Waals surface area contributed by atoms with Gasteiger partial charge in [0, 0.05) is 131 Å². The second-order valence-electron chi connectivity index (χ2n) is 30.2. The predicted molar refractivity (Wildman–Crippen MR) is 370 cm³/mol. The monoisotopic (exact) mass is 1460 g/mol. The first kappa shape index (κ1) is 104. The van der Waals surface area contributed by atoms with Crippen LogP contribution in [0.5, 0.6) is 0 Å². The first-order valence-corrected chi connectivity index (χ1v) is 35.9. The number of hydrogen-bond acceptors (Lipinski definition) is 0. The molecule has 0 bridgehead atoms. The fraction of sp³-hybridized carbons (Fsp3) is 0.899. The van der Waals surface area contributed by atoms with Crippen molar-refractivity contribution in [2.45, 2.75) is 362 Å². The molecule has 0 N–H and O–H groups in total. The van der Waals surface area contributed by atoms with Crippen LogP contribution in [0.2, 0.25) is 0 Å². The van der Waals surface area contributed by atoms with Gasteiger partial charge in [0.05, 0.1) is 0 Å². The number of hydrogen-bond donors (Lipinski definition) is 0. The van der Waals surface area contributed by atoms with E-state index in [1.54, 1.807) is 51.4 Å². The third-order valence-electron chi connectivity index (χ3n) is 15.8. The molecule has 494 valence electrons. The van der Waals surface area contributed by atoms with E-state index in [0.29, 0.717) is 11.8 Å². The van der Waals surface area contributed by atoms with Crippen molar-refractivity contribution in [3.63, 3.8) is 0 Å². The van der Waals surface area contributed by atoms with Crippen LogP contribution in [0.1, 0.15) is 362 Å². The van der Waals surface area contributed by atoms with Crippen molar-refractivity contribution in [3.8, 4) is 0 Å². The molecule has 6 unspecified atom stereocenters. The minimum Gasteiger partial charge on any atom is -0.345 e. The minimum absolute atomic E-state index is 0. The molecule has 0 amide bonds. The Hall–Kier alpha value is 4.42. The zero-order valence-corrected chi connectivity index (χ0v) is 72.5. The van der Waals surface area contributed by atoms with Crippen molar-refractivity contribution in [2.24, 2.45) is 94.7 Å². The molecule has 0 aromatic carbocycles. The standard InChI is InChI=1S/2C10H18.3C9H16.C8H14.6C4H10.4Y/c2*1-2-6-10-8-4-3-7-9(10)5-1;2*1-3-9-7-5-4-6-8(9)2;1-2-6-9-7-4-3-5-8-9;1-2-8-6-4-3-5-7-8;6*1-4(2)3;;;;/h2*9-10H,1-8H2;2*8-9H,1-7H2;7,9H,1-6,8H2;6,8H,1-5,7H2;6*4H,1-3H3;;;;/q;;4*-2;;;;;;;;;;. The summed E-state index contributed by atoms with van der Waals surface area (Å²) in [6, 6.07) is 0. The van der Waals surface area contributed by atoms with Crippen molar-refractivity contribution in [1.82, 2.24) is 0 Å². The molecule has 0 aromatic rings. The molecule has 0 aliphatic heterocycles. The minimum atomic E-state index is 0. The maximum absolute atomic E-state index is 4.11. The molecule has 6 atom stereocenters. The average molecular weight is 1460 g/mol. The Bertz CT molecular complexity index is 948. The molecular formula is C79H158Y4-8. The van der Waals surface area contributed by atoms with Gasteiger partial charge in [-0.25, -0.2) is 6.42 Å². The van der Waals surface area contributed by atoms with E-state index in [0.717, 1.165) is 109 Å². The number of rotatable bonds is 5. The van der Waals surface area contributed by atoms with E-state index < -0.39 is 0 Å². The molecule has 8 aliphatic rings. The van der Waals surface area contributed by atoms with Crippen LogP contribution in [0, 0.1) is 149 Å². The molecule has 8 aliphatic carbocycles. The Morgan fingerprint density at radius 2 is 0.482 bits per heavy atom. The van der Waals surface area contributed by atoms with Gasteiger partial charge in [-0.15, -0.1) is 6.42 Å². The van der Waals surface area contributed by atoms with Gasteiger partial charge in [-0.3, -0.25) is 0 Å². The van der Waals surface area contributed by atoms with Gasteiger partial charge < -0.3 is 54.4 Å². The second-order valence-corrected chi connectivity index (χ2v) is 30.2. The Morgan fingerprint density at radius 3 is 0.639 bits per heavy atom. The maximum atomic E-state index is 4.11.